The molecule has 2 atom stereocenters. The van der Waals surface area contributed by atoms with Crippen LogP contribution in [0.25, 0.3) is 0 Å². The first-order chi connectivity index (χ1) is 12.9. The van der Waals surface area contributed by atoms with Gasteiger partial charge in [0.1, 0.15) is 17.4 Å². The molecule has 1 aliphatic rings. The van der Waals surface area contributed by atoms with Crippen molar-refractivity contribution in [3.63, 3.8) is 0 Å². The summed E-state index contributed by atoms with van der Waals surface area (Å²) in [6.07, 6.45) is 0. The van der Waals surface area contributed by atoms with Gasteiger partial charge in [-0.05, 0) is 24.6 Å². The Kier molecular flexibility index (Phi) is 4.77. The fourth-order valence-corrected chi connectivity index (χ4v) is 3.23. The van der Waals surface area contributed by atoms with Crippen LogP contribution in [0.4, 0.5) is 0 Å². The Morgan fingerprint density at radius 3 is 2.26 bits per heavy atom. The van der Waals surface area contributed by atoms with Crippen LogP contribution < -0.4 is 24.6 Å². The van der Waals surface area contributed by atoms with E-state index in [0.29, 0.717) is 28.6 Å². The van der Waals surface area contributed by atoms with Crippen molar-refractivity contribution in [3.05, 3.63) is 45.5 Å². The number of aryl methyl sites for hydroxylation is 1. The van der Waals surface area contributed by atoms with Crippen LogP contribution >= 0.6 is 0 Å². The van der Waals surface area contributed by atoms with Crippen molar-refractivity contribution in [2.75, 3.05) is 21.3 Å². The molecule has 1 aromatic heterocycles. The average molecular weight is 370 g/mol. The fourth-order valence-electron chi connectivity index (χ4n) is 3.23. The number of benzene rings is 1. The molecule has 8 heteroatoms. The molecule has 0 saturated carbocycles. The van der Waals surface area contributed by atoms with Gasteiger partial charge in [0, 0.05) is 12.0 Å². The summed E-state index contributed by atoms with van der Waals surface area (Å²) in [5.74, 6) is -0.337. The van der Waals surface area contributed by atoms with E-state index in [-0.39, 0.29) is 17.2 Å². The monoisotopic (exact) mass is 370 g/mol. The number of ether oxygens (including phenoxy) is 4. The molecule has 0 radical (unpaired) electrons. The lowest BCUT2D eigenvalue weighted by Crippen LogP contribution is -2.34. The maximum absolute atomic E-state index is 12.6. The van der Waals surface area contributed by atoms with Crippen LogP contribution in [0, 0.1) is 29.6 Å². The van der Waals surface area contributed by atoms with Gasteiger partial charge in [-0.1, -0.05) is 0 Å². The molecule has 0 fully saturated rings. The predicted molar refractivity (Wildman–Crippen MR) is 95.1 cm³/mol. The Bertz CT molecular complexity index is 979. The smallest absolute Gasteiger partial charge is 0.343 e. The minimum Gasteiger partial charge on any atom is -0.493 e. The van der Waals surface area contributed by atoms with Gasteiger partial charge in [-0.15, -0.1) is 0 Å². The van der Waals surface area contributed by atoms with Gasteiger partial charge in [-0.3, -0.25) is 5.41 Å². The summed E-state index contributed by atoms with van der Waals surface area (Å²) in [6.45, 7) is 1.61. The van der Waals surface area contributed by atoms with Crippen LogP contribution in [-0.2, 0) is 0 Å². The van der Waals surface area contributed by atoms with E-state index in [2.05, 4.69) is 0 Å². The number of hydrogen-bond acceptors (Lipinski definition) is 8. The largest absolute Gasteiger partial charge is 0.493 e. The third kappa shape index (κ3) is 2.97. The molecule has 0 spiro atoms. The SMILES string of the molecule is COc1cc(C2c3c(cc(C)oc3=O)OC(=N)C2C#N)cc(OC)c1OC. The Labute approximate surface area is 155 Å². The summed E-state index contributed by atoms with van der Waals surface area (Å²) in [6, 6.07) is 6.88. The second kappa shape index (κ2) is 7.03. The molecule has 0 saturated heterocycles. The van der Waals surface area contributed by atoms with E-state index in [4.69, 9.17) is 28.8 Å². The van der Waals surface area contributed by atoms with Gasteiger partial charge in [0.2, 0.25) is 11.6 Å². The zero-order chi connectivity index (χ0) is 19.7. The number of nitriles is 1. The topological polar surface area (TPSA) is 115 Å². The Hall–Kier alpha value is -3.47. The molecule has 1 aliphatic heterocycles. The molecule has 2 unspecified atom stereocenters. The zero-order valence-electron chi connectivity index (χ0n) is 15.3. The number of methoxy groups -OCH3 is 3. The van der Waals surface area contributed by atoms with E-state index >= 15 is 0 Å². The minimum atomic E-state index is -1.01. The number of hydrogen-bond donors (Lipinski definition) is 1. The van der Waals surface area contributed by atoms with Gasteiger partial charge < -0.3 is 23.4 Å². The molecule has 3 rings (SSSR count). The van der Waals surface area contributed by atoms with Gasteiger partial charge in [0.15, 0.2) is 11.5 Å². The minimum absolute atomic E-state index is 0.178. The number of fused-ring (bicyclic) bond motifs is 1. The maximum Gasteiger partial charge on any atom is 0.343 e. The van der Waals surface area contributed by atoms with Gasteiger partial charge >= 0.3 is 5.63 Å². The highest BCUT2D eigenvalue weighted by molar-refractivity contribution is 5.85. The normalized spacial score (nSPS) is 18.1. The van der Waals surface area contributed by atoms with Gasteiger partial charge in [0.05, 0.1) is 33.0 Å². The first kappa shape index (κ1) is 18.3. The molecule has 0 aliphatic carbocycles. The summed E-state index contributed by atoms with van der Waals surface area (Å²) in [5, 5.41) is 17.7. The van der Waals surface area contributed by atoms with Crippen molar-refractivity contribution in [2.45, 2.75) is 12.8 Å². The lowest BCUT2D eigenvalue weighted by Gasteiger charge is -2.29. The third-order valence-corrected chi connectivity index (χ3v) is 4.41. The van der Waals surface area contributed by atoms with Gasteiger partial charge in [-0.25, -0.2) is 4.79 Å². The van der Waals surface area contributed by atoms with Crippen molar-refractivity contribution in [3.8, 4) is 29.1 Å². The predicted octanol–water partition coefficient (Wildman–Crippen LogP) is 2.62. The van der Waals surface area contributed by atoms with E-state index in [1.165, 1.54) is 27.4 Å². The van der Waals surface area contributed by atoms with Crippen LogP contribution in [0.15, 0.2) is 27.4 Å². The number of nitrogens with one attached hydrogen (secondary N) is 1. The zero-order valence-corrected chi connectivity index (χ0v) is 15.3. The lowest BCUT2D eigenvalue weighted by atomic mass is 9.79. The fraction of sp³-hybridized carbons (Fsp3) is 0.316. The maximum atomic E-state index is 12.6. The van der Waals surface area contributed by atoms with Crippen molar-refractivity contribution < 1.29 is 23.4 Å². The standard InChI is InChI=1S/C19H18N2O6/c1-9-5-12-16(19(22)26-9)15(11(8-20)18(21)27-12)10-6-13(23-2)17(25-4)14(7-10)24-3/h5-7,11,15,21H,1-4H3. The summed E-state index contributed by atoms with van der Waals surface area (Å²) in [5.41, 5.74) is 0.107. The molecule has 2 heterocycles. The molecule has 27 heavy (non-hydrogen) atoms. The molecule has 140 valence electrons. The van der Waals surface area contributed by atoms with Gasteiger partial charge in [-0.2, -0.15) is 5.26 Å². The molecule has 0 amide bonds. The Morgan fingerprint density at radius 1 is 1.11 bits per heavy atom. The molecule has 0 bridgehead atoms. The summed E-state index contributed by atoms with van der Waals surface area (Å²) >= 11 is 0. The molecular formula is C19H18N2O6. The molecule has 2 aromatic rings. The highest BCUT2D eigenvalue weighted by Crippen LogP contribution is 2.46. The number of nitrogens with zero attached hydrogens (tertiary/aromatic N) is 1. The van der Waals surface area contributed by atoms with Crippen LogP contribution in [0.3, 0.4) is 0 Å². The van der Waals surface area contributed by atoms with Crippen LogP contribution in [0.1, 0.15) is 22.8 Å². The Morgan fingerprint density at radius 2 is 1.74 bits per heavy atom. The quantitative estimate of drug-likeness (QED) is 0.879. The first-order valence-corrected chi connectivity index (χ1v) is 8.05. The van der Waals surface area contributed by atoms with Crippen LogP contribution in [0.2, 0.25) is 0 Å². The van der Waals surface area contributed by atoms with Crippen LogP contribution in [0.5, 0.6) is 23.0 Å². The summed E-state index contributed by atoms with van der Waals surface area (Å²) < 4.78 is 26.7. The average Bonchev–Trinajstić information content (AvgIpc) is 2.65. The van der Waals surface area contributed by atoms with Gasteiger partial charge in [0.25, 0.3) is 0 Å². The van der Waals surface area contributed by atoms with E-state index in [0.717, 1.165) is 0 Å². The van der Waals surface area contributed by atoms with Crippen LogP contribution in [-0.4, -0.2) is 27.2 Å². The second-order valence-corrected chi connectivity index (χ2v) is 5.93. The van der Waals surface area contributed by atoms with E-state index in [1.807, 2.05) is 6.07 Å². The molecule has 1 aromatic carbocycles. The highest BCUT2D eigenvalue weighted by atomic mass is 16.5. The van der Waals surface area contributed by atoms with E-state index < -0.39 is 17.5 Å². The second-order valence-electron chi connectivity index (χ2n) is 5.93. The van der Waals surface area contributed by atoms with Crippen molar-refractivity contribution in [2.24, 2.45) is 5.92 Å². The van der Waals surface area contributed by atoms with E-state index in [9.17, 15) is 10.1 Å². The highest BCUT2D eigenvalue weighted by Gasteiger charge is 2.40. The van der Waals surface area contributed by atoms with Crippen molar-refractivity contribution in [1.82, 2.24) is 0 Å². The Balaban J connectivity index is 2.31. The van der Waals surface area contributed by atoms with E-state index in [1.54, 1.807) is 19.1 Å². The molecular weight excluding hydrogens is 352 g/mol. The number of rotatable bonds is 4. The molecule has 8 nitrogen and oxygen atoms in total. The summed E-state index contributed by atoms with van der Waals surface area (Å²) in [4.78, 5) is 12.6. The van der Waals surface area contributed by atoms with Crippen molar-refractivity contribution in [1.29, 1.82) is 10.7 Å². The first-order valence-electron chi connectivity index (χ1n) is 8.05. The summed E-state index contributed by atoms with van der Waals surface area (Å²) in [7, 11) is 4.43. The molecule has 1 N–H and O–H groups in total. The lowest BCUT2D eigenvalue weighted by molar-refractivity contribution is 0.323. The third-order valence-electron chi connectivity index (χ3n) is 4.41. The van der Waals surface area contributed by atoms with Crippen molar-refractivity contribution >= 4 is 5.90 Å².